The largest absolute Gasteiger partial charge is 0.494 e. The summed E-state index contributed by atoms with van der Waals surface area (Å²) in [4.78, 5) is 17.1. The van der Waals surface area contributed by atoms with Crippen molar-refractivity contribution in [2.75, 3.05) is 13.2 Å². The molecule has 1 atom stereocenters. The highest BCUT2D eigenvalue weighted by Gasteiger charge is 2.11. The van der Waals surface area contributed by atoms with Crippen LogP contribution in [0.25, 0.3) is 11.0 Å². The highest BCUT2D eigenvalue weighted by Crippen LogP contribution is 2.22. The van der Waals surface area contributed by atoms with Crippen molar-refractivity contribution in [2.45, 2.75) is 71.3 Å². The summed E-state index contributed by atoms with van der Waals surface area (Å²) >= 11 is 0. The number of imidazole rings is 1. The van der Waals surface area contributed by atoms with E-state index in [4.69, 9.17) is 9.72 Å². The zero-order chi connectivity index (χ0) is 27.5. The summed E-state index contributed by atoms with van der Waals surface area (Å²) in [6, 6.07) is 22.5. The van der Waals surface area contributed by atoms with Crippen LogP contribution in [0.5, 0.6) is 5.75 Å². The van der Waals surface area contributed by atoms with Gasteiger partial charge in [0.1, 0.15) is 17.4 Å². The lowest BCUT2D eigenvalue weighted by Gasteiger charge is -2.12. The van der Waals surface area contributed by atoms with Crippen molar-refractivity contribution in [3.63, 3.8) is 0 Å². The van der Waals surface area contributed by atoms with Crippen LogP contribution in [-0.4, -0.2) is 28.6 Å². The first-order chi connectivity index (χ1) is 19.0. The van der Waals surface area contributed by atoms with E-state index >= 15 is 0 Å². The Morgan fingerprint density at radius 1 is 0.949 bits per heavy atom. The maximum Gasteiger partial charge on any atom is 0.251 e. The van der Waals surface area contributed by atoms with Crippen molar-refractivity contribution in [3.05, 3.63) is 95.6 Å². The van der Waals surface area contributed by atoms with Gasteiger partial charge in [0, 0.05) is 25.1 Å². The molecule has 0 spiro atoms. The van der Waals surface area contributed by atoms with Gasteiger partial charge in [-0.05, 0) is 92.1 Å². The van der Waals surface area contributed by atoms with Gasteiger partial charge in [0.05, 0.1) is 17.6 Å². The topological polar surface area (TPSA) is 56.1 Å². The number of carbonyl (C=O) groups excluding carboxylic acids is 1. The number of amides is 1. The molecule has 206 valence electrons. The minimum Gasteiger partial charge on any atom is -0.494 e. The molecule has 0 radical (unpaired) electrons. The molecule has 0 aliphatic rings. The van der Waals surface area contributed by atoms with Crippen LogP contribution in [0.1, 0.15) is 80.0 Å². The number of ether oxygens (including phenoxy) is 1. The van der Waals surface area contributed by atoms with E-state index in [0.717, 1.165) is 68.6 Å². The van der Waals surface area contributed by atoms with Crippen LogP contribution >= 0.6 is 0 Å². The molecule has 1 heterocycles. The van der Waals surface area contributed by atoms with Gasteiger partial charge < -0.3 is 14.6 Å². The molecule has 39 heavy (non-hydrogen) atoms. The predicted molar refractivity (Wildman–Crippen MR) is 156 cm³/mol. The summed E-state index contributed by atoms with van der Waals surface area (Å²) in [6.45, 7) is 6.69. The van der Waals surface area contributed by atoms with Gasteiger partial charge >= 0.3 is 0 Å². The fraction of sp³-hybridized carbons (Fsp3) is 0.394. The Labute approximate surface area is 231 Å². The first-order valence-electron chi connectivity index (χ1n) is 14.3. The molecular formula is C33H40FN3O2. The quantitative estimate of drug-likeness (QED) is 0.161. The highest BCUT2D eigenvalue weighted by atomic mass is 19.1. The summed E-state index contributed by atoms with van der Waals surface area (Å²) in [5, 5.41) is 2.92. The van der Waals surface area contributed by atoms with Gasteiger partial charge in [-0.1, -0.05) is 44.5 Å². The molecule has 0 bridgehead atoms. The summed E-state index contributed by atoms with van der Waals surface area (Å²) in [5.74, 6) is 2.13. The van der Waals surface area contributed by atoms with E-state index in [-0.39, 0.29) is 11.7 Å². The molecule has 0 saturated carbocycles. The molecule has 6 heteroatoms. The third-order valence-corrected chi connectivity index (χ3v) is 7.31. The third-order valence-electron chi connectivity index (χ3n) is 7.31. The Kier molecular flexibility index (Phi) is 10.5. The SMILES string of the molecule is CCC(C)c1ccc(OCCCCn2c(CCCCCNC(=O)c3ccc(F)cc3)nc3ccccc32)cc1. The van der Waals surface area contributed by atoms with Crippen molar-refractivity contribution in [1.82, 2.24) is 14.9 Å². The van der Waals surface area contributed by atoms with E-state index in [1.807, 2.05) is 6.07 Å². The summed E-state index contributed by atoms with van der Waals surface area (Å²) in [7, 11) is 0. The average molecular weight is 530 g/mol. The van der Waals surface area contributed by atoms with Gasteiger partial charge in [-0.2, -0.15) is 0 Å². The van der Waals surface area contributed by atoms with Crippen LogP contribution in [0, 0.1) is 5.82 Å². The van der Waals surface area contributed by atoms with Crippen LogP contribution < -0.4 is 10.1 Å². The lowest BCUT2D eigenvalue weighted by molar-refractivity contribution is 0.0953. The van der Waals surface area contributed by atoms with Crippen LogP contribution in [0.2, 0.25) is 0 Å². The van der Waals surface area contributed by atoms with Gasteiger partial charge in [-0.3, -0.25) is 4.79 Å². The maximum absolute atomic E-state index is 13.0. The third kappa shape index (κ3) is 8.16. The Morgan fingerprint density at radius 2 is 1.72 bits per heavy atom. The first kappa shape index (κ1) is 28.3. The number of fused-ring (bicyclic) bond motifs is 1. The Balaban J connectivity index is 1.20. The van der Waals surface area contributed by atoms with Gasteiger partial charge in [-0.15, -0.1) is 0 Å². The zero-order valence-corrected chi connectivity index (χ0v) is 23.2. The number of para-hydroxylation sites is 2. The number of carbonyl (C=O) groups is 1. The van der Waals surface area contributed by atoms with Crippen LogP contribution in [-0.2, 0) is 13.0 Å². The van der Waals surface area contributed by atoms with Gasteiger partial charge in [0.25, 0.3) is 5.91 Å². The summed E-state index contributed by atoms with van der Waals surface area (Å²) < 4.78 is 21.4. The molecule has 5 nitrogen and oxygen atoms in total. The highest BCUT2D eigenvalue weighted by molar-refractivity contribution is 5.94. The molecule has 0 fully saturated rings. The van der Waals surface area contributed by atoms with Crippen LogP contribution in [0.4, 0.5) is 4.39 Å². The molecule has 1 N–H and O–H groups in total. The Morgan fingerprint density at radius 3 is 2.49 bits per heavy atom. The number of halogens is 1. The molecule has 0 saturated heterocycles. The monoisotopic (exact) mass is 529 g/mol. The van der Waals surface area contributed by atoms with E-state index in [0.29, 0.717) is 24.6 Å². The molecule has 4 aromatic rings. The van der Waals surface area contributed by atoms with Crippen molar-refractivity contribution in [3.8, 4) is 5.75 Å². The standard InChI is InChI=1S/C33H40FN3O2/c1-3-25(2)26-16-20-29(21-17-26)39-24-10-9-23-37-31-12-7-6-11-30(31)36-32(37)13-5-4-8-22-35-33(38)27-14-18-28(34)19-15-27/h6-7,11-12,14-21,25H,3-5,8-10,13,22-24H2,1-2H3,(H,35,38). The lowest BCUT2D eigenvalue weighted by atomic mass is 9.99. The van der Waals surface area contributed by atoms with Crippen LogP contribution in [0.3, 0.4) is 0 Å². The average Bonchev–Trinajstić information content (AvgIpc) is 3.32. The van der Waals surface area contributed by atoms with E-state index < -0.39 is 0 Å². The van der Waals surface area contributed by atoms with Gasteiger partial charge in [-0.25, -0.2) is 9.37 Å². The number of unbranched alkanes of at least 4 members (excludes halogenated alkanes) is 3. The second-order valence-electron chi connectivity index (χ2n) is 10.2. The molecule has 0 aliphatic heterocycles. The fourth-order valence-electron chi connectivity index (χ4n) is 4.75. The number of benzene rings is 3. The van der Waals surface area contributed by atoms with E-state index in [9.17, 15) is 9.18 Å². The fourth-order valence-corrected chi connectivity index (χ4v) is 4.75. The first-order valence-corrected chi connectivity index (χ1v) is 14.3. The number of nitrogens with zero attached hydrogens (tertiary/aromatic N) is 2. The Hall–Kier alpha value is -3.67. The second kappa shape index (κ2) is 14.5. The smallest absolute Gasteiger partial charge is 0.251 e. The second-order valence-corrected chi connectivity index (χ2v) is 10.2. The maximum atomic E-state index is 13.0. The summed E-state index contributed by atoms with van der Waals surface area (Å²) in [5.41, 5.74) is 4.06. The minimum absolute atomic E-state index is 0.163. The normalized spacial score (nSPS) is 12.0. The van der Waals surface area contributed by atoms with E-state index in [1.165, 1.54) is 35.3 Å². The number of nitrogens with one attached hydrogen (secondary N) is 1. The number of rotatable bonds is 15. The predicted octanol–water partition coefficient (Wildman–Crippen LogP) is 7.69. The van der Waals surface area contributed by atoms with E-state index in [1.54, 1.807) is 0 Å². The van der Waals surface area contributed by atoms with Crippen molar-refractivity contribution in [1.29, 1.82) is 0 Å². The van der Waals surface area contributed by atoms with Crippen molar-refractivity contribution < 1.29 is 13.9 Å². The van der Waals surface area contributed by atoms with Crippen molar-refractivity contribution >= 4 is 16.9 Å². The molecule has 0 aliphatic carbocycles. The summed E-state index contributed by atoms with van der Waals surface area (Å²) in [6.07, 6.45) is 6.94. The number of aromatic nitrogens is 2. The number of aryl methyl sites for hydroxylation is 2. The molecule has 1 amide bonds. The van der Waals surface area contributed by atoms with Crippen LogP contribution in [0.15, 0.2) is 72.8 Å². The molecular weight excluding hydrogens is 489 g/mol. The van der Waals surface area contributed by atoms with Gasteiger partial charge in [0.15, 0.2) is 0 Å². The molecule has 3 aromatic carbocycles. The lowest BCUT2D eigenvalue weighted by Crippen LogP contribution is -2.24. The number of hydrogen-bond acceptors (Lipinski definition) is 3. The molecule has 1 unspecified atom stereocenters. The Bertz CT molecular complexity index is 1320. The number of hydrogen-bond donors (Lipinski definition) is 1. The van der Waals surface area contributed by atoms with E-state index in [2.05, 4.69) is 66.2 Å². The molecule has 1 aromatic heterocycles. The molecule has 4 rings (SSSR count). The van der Waals surface area contributed by atoms with Gasteiger partial charge in [0.2, 0.25) is 0 Å². The van der Waals surface area contributed by atoms with Crippen molar-refractivity contribution in [2.24, 2.45) is 0 Å². The zero-order valence-electron chi connectivity index (χ0n) is 23.2. The minimum atomic E-state index is -0.339.